The first kappa shape index (κ1) is 13.9. The van der Waals surface area contributed by atoms with Crippen molar-refractivity contribution in [2.75, 3.05) is 11.6 Å². The highest BCUT2D eigenvalue weighted by Crippen LogP contribution is 2.22. The zero-order valence-corrected chi connectivity index (χ0v) is 12.0. The molecule has 100 valence electrons. The molecule has 0 aliphatic heterocycles. The van der Waals surface area contributed by atoms with Gasteiger partial charge in [-0.15, -0.1) is 0 Å². The highest BCUT2D eigenvalue weighted by molar-refractivity contribution is 7.90. The van der Waals surface area contributed by atoms with Crippen molar-refractivity contribution in [2.24, 2.45) is 0 Å². The van der Waals surface area contributed by atoms with Crippen molar-refractivity contribution in [3.63, 3.8) is 0 Å². The van der Waals surface area contributed by atoms with Crippen molar-refractivity contribution in [1.82, 2.24) is 0 Å². The highest BCUT2D eigenvalue weighted by atomic mass is 35.5. The van der Waals surface area contributed by atoms with Crippen LogP contribution in [0.15, 0.2) is 53.4 Å². The van der Waals surface area contributed by atoms with Gasteiger partial charge in [0.1, 0.15) is 0 Å². The van der Waals surface area contributed by atoms with Crippen LogP contribution in [0.2, 0.25) is 5.02 Å². The van der Waals surface area contributed by atoms with E-state index in [9.17, 15) is 8.42 Å². The van der Waals surface area contributed by atoms with E-state index < -0.39 is 9.84 Å². The largest absolute Gasteiger partial charge is 0.380 e. The first-order chi connectivity index (χ1) is 8.98. The molecule has 0 spiro atoms. The number of hydrogen-bond donors (Lipinski definition) is 1. The molecule has 0 heterocycles. The maximum Gasteiger partial charge on any atom is 0.177 e. The predicted octanol–water partition coefficient (Wildman–Crippen LogP) is 3.36. The van der Waals surface area contributed by atoms with Gasteiger partial charge in [0, 0.05) is 17.8 Å². The summed E-state index contributed by atoms with van der Waals surface area (Å²) in [6, 6.07) is 14.3. The third-order valence-corrected chi connectivity index (χ3v) is 4.24. The Balaban J connectivity index is 2.24. The molecule has 0 saturated carbocycles. The Morgan fingerprint density at radius 3 is 2.37 bits per heavy atom. The van der Waals surface area contributed by atoms with Crippen molar-refractivity contribution in [2.45, 2.75) is 11.4 Å². The highest BCUT2D eigenvalue weighted by Gasteiger charge is 2.12. The van der Waals surface area contributed by atoms with Crippen LogP contribution in [0.5, 0.6) is 0 Å². The summed E-state index contributed by atoms with van der Waals surface area (Å²) in [5, 5.41) is 3.77. The quantitative estimate of drug-likeness (QED) is 0.941. The van der Waals surface area contributed by atoms with E-state index in [1.54, 1.807) is 30.3 Å². The molecule has 3 nitrogen and oxygen atoms in total. The third-order valence-electron chi connectivity index (χ3n) is 2.71. The molecule has 0 saturated heterocycles. The van der Waals surface area contributed by atoms with E-state index in [-0.39, 0.29) is 0 Å². The van der Waals surface area contributed by atoms with Crippen LogP contribution in [0.1, 0.15) is 5.56 Å². The number of hydrogen-bond acceptors (Lipinski definition) is 3. The molecular weight excluding hydrogens is 282 g/mol. The Morgan fingerprint density at radius 1 is 1.05 bits per heavy atom. The van der Waals surface area contributed by atoms with Gasteiger partial charge in [-0.05, 0) is 23.8 Å². The molecule has 0 amide bonds. The lowest BCUT2D eigenvalue weighted by Crippen LogP contribution is -2.06. The maximum atomic E-state index is 11.7. The van der Waals surface area contributed by atoms with Gasteiger partial charge >= 0.3 is 0 Å². The van der Waals surface area contributed by atoms with Gasteiger partial charge < -0.3 is 5.32 Å². The topological polar surface area (TPSA) is 46.2 Å². The van der Waals surface area contributed by atoms with Gasteiger partial charge in [0.25, 0.3) is 0 Å². The molecule has 1 N–H and O–H groups in total. The second-order valence-electron chi connectivity index (χ2n) is 4.21. The van der Waals surface area contributed by atoms with E-state index in [0.717, 1.165) is 5.56 Å². The van der Waals surface area contributed by atoms with E-state index in [2.05, 4.69) is 5.32 Å². The number of benzene rings is 2. The molecular formula is C14H14ClNO2S. The lowest BCUT2D eigenvalue weighted by atomic mass is 10.2. The SMILES string of the molecule is CS(=O)(=O)c1ccccc1NCc1ccccc1Cl. The molecule has 0 bridgehead atoms. The summed E-state index contributed by atoms with van der Waals surface area (Å²) in [7, 11) is -3.24. The predicted molar refractivity (Wildman–Crippen MR) is 78.3 cm³/mol. The summed E-state index contributed by atoms with van der Waals surface area (Å²) in [4.78, 5) is 0.294. The number of nitrogens with one attached hydrogen (secondary N) is 1. The Labute approximate surface area is 118 Å². The second kappa shape index (κ2) is 5.63. The van der Waals surface area contributed by atoms with Crippen molar-refractivity contribution in [3.05, 3.63) is 59.1 Å². The van der Waals surface area contributed by atoms with Crippen LogP contribution in [-0.2, 0) is 16.4 Å². The number of para-hydroxylation sites is 1. The van der Waals surface area contributed by atoms with Crippen LogP contribution >= 0.6 is 11.6 Å². The van der Waals surface area contributed by atoms with Crippen molar-refractivity contribution >= 4 is 27.1 Å². The number of sulfone groups is 1. The molecule has 2 aromatic carbocycles. The zero-order chi connectivity index (χ0) is 13.9. The number of halogens is 1. The van der Waals surface area contributed by atoms with Crippen LogP contribution in [0.25, 0.3) is 0 Å². The Bertz CT molecular complexity index is 683. The lowest BCUT2D eigenvalue weighted by Gasteiger charge is -2.11. The minimum atomic E-state index is -3.24. The van der Waals surface area contributed by atoms with Crippen LogP contribution < -0.4 is 5.32 Å². The summed E-state index contributed by atoms with van der Waals surface area (Å²) in [5.41, 5.74) is 1.51. The average molecular weight is 296 g/mol. The maximum absolute atomic E-state index is 11.7. The van der Waals surface area contributed by atoms with Crippen molar-refractivity contribution < 1.29 is 8.42 Å². The summed E-state index contributed by atoms with van der Waals surface area (Å²) < 4.78 is 23.3. The van der Waals surface area contributed by atoms with Gasteiger partial charge in [-0.1, -0.05) is 41.9 Å². The summed E-state index contributed by atoms with van der Waals surface area (Å²) >= 11 is 6.06. The van der Waals surface area contributed by atoms with E-state index in [0.29, 0.717) is 22.2 Å². The Hall–Kier alpha value is -1.52. The van der Waals surface area contributed by atoms with Crippen LogP contribution in [-0.4, -0.2) is 14.7 Å². The molecule has 2 aromatic rings. The molecule has 0 aromatic heterocycles. The Kier molecular flexibility index (Phi) is 4.12. The van der Waals surface area contributed by atoms with Gasteiger partial charge in [0.05, 0.1) is 10.6 Å². The minimum absolute atomic E-state index is 0.294. The average Bonchev–Trinajstić information content (AvgIpc) is 2.37. The van der Waals surface area contributed by atoms with Gasteiger partial charge in [-0.25, -0.2) is 8.42 Å². The van der Waals surface area contributed by atoms with Gasteiger partial charge in [-0.2, -0.15) is 0 Å². The fraction of sp³-hybridized carbons (Fsp3) is 0.143. The summed E-state index contributed by atoms with van der Waals surface area (Å²) in [6.07, 6.45) is 1.20. The molecule has 0 unspecified atom stereocenters. The first-order valence-corrected chi connectivity index (χ1v) is 8.02. The van der Waals surface area contributed by atoms with E-state index >= 15 is 0 Å². The monoisotopic (exact) mass is 295 g/mol. The zero-order valence-electron chi connectivity index (χ0n) is 10.4. The molecule has 19 heavy (non-hydrogen) atoms. The van der Waals surface area contributed by atoms with Crippen LogP contribution in [0.4, 0.5) is 5.69 Å². The first-order valence-electron chi connectivity index (χ1n) is 5.75. The molecule has 2 rings (SSSR count). The smallest absolute Gasteiger partial charge is 0.177 e. The Morgan fingerprint density at radius 2 is 1.68 bits per heavy atom. The van der Waals surface area contributed by atoms with E-state index in [1.165, 1.54) is 6.26 Å². The molecule has 5 heteroatoms. The minimum Gasteiger partial charge on any atom is -0.380 e. The number of anilines is 1. The standard InChI is InChI=1S/C14H14ClNO2S/c1-19(17,18)14-9-5-4-8-13(14)16-10-11-6-2-3-7-12(11)15/h2-9,16H,10H2,1H3. The normalized spacial score (nSPS) is 11.3. The second-order valence-corrected chi connectivity index (χ2v) is 6.60. The number of rotatable bonds is 4. The molecule has 0 aliphatic rings. The third kappa shape index (κ3) is 3.49. The van der Waals surface area contributed by atoms with E-state index in [1.807, 2.05) is 18.2 Å². The lowest BCUT2D eigenvalue weighted by molar-refractivity contribution is 0.602. The van der Waals surface area contributed by atoms with Crippen molar-refractivity contribution in [3.8, 4) is 0 Å². The van der Waals surface area contributed by atoms with Gasteiger partial charge in [0.15, 0.2) is 9.84 Å². The fourth-order valence-corrected chi connectivity index (χ4v) is 2.84. The van der Waals surface area contributed by atoms with E-state index in [4.69, 9.17) is 11.6 Å². The van der Waals surface area contributed by atoms with Crippen LogP contribution in [0, 0.1) is 0 Å². The molecule has 0 fully saturated rings. The van der Waals surface area contributed by atoms with Gasteiger partial charge in [-0.3, -0.25) is 0 Å². The van der Waals surface area contributed by atoms with Gasteiger partial charge in [0.2, 0.25) is 0 Å². The van der Waals surface area contributed by atoms with Crippen LogP contribution in [0.3, 0.4) is 0 Å². The fourth-order valence-electron chi connectivity index (χ4n) is 1.77. The summed E-state index contributed by atoms with van der Waals surface area (Å²) in [6.45, 7) is 0.478. The summed E-state index contributed by atoms with van der Waals surface area (Å²) in [5.74, 6) is 0. The molecule has 0 atom stereocenters. The molecule has 0 aliphatic carbocycles. The molecule has 0 radical (unpaired) electrons. The van der Waals surface area contributed by atoms with Crippen molar-refractivity contribution in [1.29, 1.82) is 0 Å².